The zero-order valence-electron chi connectivity index (χ0n) is 13.7. The molecule has 0 aliphatic carbocycles. The molecule has 0 bridgehead atoms. The number of likely N-dealkylation sites (tertiary alicyclic amines) is 1. The number of hydrogen-bond acceptors (Lipinski definition) is 1. The lowest BCUT2D eigenvalue weighted by atomic mass is 10.0. The molecule has 0 radical (unpaired) electrons. The van der Waals surface area contributed by atoms with Crippen molar-refractivity contribution in [1.29, 1.82) is 0 Å². The van der Waals surface area contributed by atoms with Crippen LogP contribution >= 0.6 is 0 Å². The van der Waals surface area contributed by atoms with E-state index >= 15 is 0 Å². The summed E-state index contributed by atoms with van der Waals surface area (Å²) in [5, 5.41) is 1.23. The van der Waals surface area contributed by atoms with Crippen molar-refractivity contribution < 1.29 is 4.79 Å². The molecule has 1 amide bonds. The van der Waals surface area contributed by atoms with Crippen molar-refractivity contribution in [1.82, 2.24) is 9.47 Å². The molecule has 0 N–H and O–H groups in total. The first-order valence-corrected chi connectivity index (χ1v) is 8.52. The van der Waals surface area contributed by atoms with Gasteiger partial charge in [0.25, 0.3) is 0 Å². The Bertz CT molecular complexity index is 648. The maximum absolute atomic E-state index is 12.5. The summed E-state index contributed by atoms with van der Waals surface area (Å²) in [4.78, 5) is 14.6. The van der Waals surface area contributed by atoms with Gasteiger partial charge in [-0.25, -0.2) is 0 Å². The quantitative estimate of drug-likeness (QED) is 0.835. The summed E-state index contributed by atoms with van der Waals surface area (Å²) >= 11 is 0. The highest BCUT2D eigenvalue weighted by Gasteiger charge is 2.16. The average molecular weight is 298 g/mol. The topological polar surface area (TPSA) is 25.2 Å². The normalized spacial score (nSPS) is 16.2. The van der Waals surface area contributed by atoms with Crippen LogP contribution in [0.3, 0.4) is 0 Å². The standard InChI is InChI=1S/C19H26N2O/c1-15(2)16-7-8-18-17(13-16)9-12-21(18)14-19(22)20-10-5-3-4-6-11-20/h7-9,12-13,15H,3-6,10-11,14H2,1-2H3. The first kappa shape index (κ1) is 15.1. The smallest absolute Gasteiger partial charge is 0.242 e. The molecule has 0 saturated carbocycles. The highest BCUT2D eigenvalue weighted by Crippen LogP contribution is 2.22. The number of fused-ring (bicyclic) bond motifs is 1. The number of amides is 1. The van der Waals surface area contributed by atoms with E-state index in [4.69, 9.17) is 0 Å². The minimum absolute atomic E-state index is 0.257. The van der Waals surface area contributed by atoms with Gasteiger partial charge in [-0.15, -0.1) is 0 Å². The van der Waals surface area contributed by atoms with Crippen molar-refractivity contribution in [3.05, 3.63) is 36.0 Å². The van der Waals surface area contributed by atoms with Gasteiger partial charge in [-0.3, -0.25) is 4.79 Å². The number of hydrogen-bond donors (Lipinski definition) is 0. The number of benzene rings is 1. The van der Waals surface area contributed by atoms with Gasteiger partial charge in [-0.2, -0.15) is 0 Å². The highest BCUT2D eigenvalue weighted by atomic mass is 16.2. The molecule has 1 saturated heterocycles. The largest absolute Gasteiger partial charge is 0.341 e. The maximum Gasteiger partial charge on any atom is 0.242 e. The third-order valence-electron chi connectivity index (χ3n) is 4.73. The van der Waals surface area contributed by atoms with Crippen LogP contribution in [-0.4, -0.2) is 28.5 Å². The number of rotatable bonds is 3. The molecular formula is C19H26N2O. The lowest BCUT2D eigenvalue weighted by Gasteiger charge is -2.20. The second-order valence-corrected chi connectivity index (χ2v) is 6.71. The van der Waals surface area contributed by atoms with Crippen molar-refractivity contribution >= 4 is 16.8 Å². The minimum Gasteiger partial charge on any atom is -0.341 e. The Hall–Kier alpha value is -1.77. The monoisotopic (exact) mass is 298 g/mol. The molecule has 0 spiro atoms. The molecule has 1 aliphatic heterocycles. The second kappa shape index (κ2) is 6.55. The van der Waals surface area contributed by atoms with Gasteiger partial charge in [0.2, 0.25) is 5.91 Å². The fourth-order valence-electron chi connectivity index (χ4n) is 3.28. The van der Waals surface area contributed by atoms with Crippen molar-refractivity contribution in [2.75, 3.05) is 13.1 Å². The van der Waals surface area contributed by atoms with E-state index < -0.39 is 0 Å². The zero-order valence-corrected chi connectivity index (χ0v) is 13.7. The Labute approximate surface area is 132 Å². The van der Waals surface area contributed by atoms with Crippen LogP contribution in [-0.2, 0) is 11.3 Å². The molecule has 0 unspecified atom stereocenters. The highest BCUT2D eigenvalue weighted by molar-refractivity contribution is 5.84. The molecule has 2 aromatic rings. The first-order valence-electron chi connectivity index (χ1n) is 8.52. The number of carbonyl (C=O) groups is 1. The lowest BCUT2D eigenvalue weighted by molar-refractivity contribution is -0.131. The number of nitrogens with zero attached hydrogens (tertiary/aromatic N) is 2. The summed E-state index contributed by atoms with van der Waals surface area (Å²) < 4.78 is 2.09. The van der Waals surface area contributed by atoms with Crippen LogP contribution in [0.15, 0.2) is 30.5 Å². The number of aromatic nitrogens is 1. The van der Waals surface area contributed by atoms with E-state index in [0.717, 1.165) is 31.4 Å². The Morgan fingerprint density at radius 2 is 1.82 bits per heavy atom. The molecule has 1 aromatic carbocycles. The van der Waals surface area contributed by atoms with Crippen LogP contribution in [0.5, 0.6) is 0 Å². The third kappa shape index (κ3) is 3.18. The Kier molecular flexibility index (Phi) is 4.51. The Morgan fingerprint density at radius 1 is 1.09 bits per heavy atom. The van der Waals surface area contributed by atoms with E-state index in [0.29, 0.717) is 12.5 Å². The van der Waals surface area contributed by atoms with Gasteiger partial charge >= 0.3 is 0 Å². The van der Waals surface area contributed by atoms with Crippen LogP contribution in [0.2, 0.25) is 0 Å². The molecule has 3 heteroatoms. The predicted molar refractivity (Wildman–Crippen MR) is 91.1 cm³/mol. The van der Waals surface area contributed by atoms with E-state index in [9.17, 15) is 4.79 Å². The van der Waals surface area contributed by atoms with Crippen molar-refractivity contribution in [2.45, 2.75) is 52.0 Å². The summed E-state index contributed by atoms with van der Waals surface area (Å²) in [6.07, 6.45) is 6.86. The lowest BCUT2D eigenvalue weighted by Crippen LogP contribution is -2.34. The average Bonchev–Trinajstić information content (AvgIpc) is 2.73. The summed E-state index contributed by atoms with van der Waals surface area (Å²) in [6.45, 7) is 6.73. The predicted octanol–water partition coefficient (Wildman–Crippen LogP) is 4.17. The molecule has 1 fully saturated rings. The molecule has 3 rings (SSSR count). The molecule has 3 nitrogen and oxygen atoms in total. The van der Waals surface area contributed by atoms with Crippen LogP contribution in [0.25, 0.3) is 10.9 Å². The number of carbonyl (C=O) groups excluding carboxylic acids is 1. The maximum atomic E-state index is 12.5. The van der Waals surface area contributed by atoms with Crippen molar-refractivity contribution in [3.8, 4) is 0 Å². The second-order valence-electron chi connectivity index (χ2n) is 6.71. The van der Waals surface area contributed by atoms with Gasteiger partial charge in [0, 0.05) is 24.8 Å². The Balaban J connectivity index is 1.77. The summed E-state index contributed by atoms with van der Waals surface area (Å²) in [5.41, 5.74) is 2.51. The molecular weight excluding hydrogens is 272 g/mol. The van der Waals surface area contributed by atoms with Gasteiger partial charge in [0.05, 0.1) is 0 Å². The SMILES string of the molecule is CC(C)c1ccc2c(ccn2CC(=O)N2CCCCCC2)c1. The van der Waals surface area contributed by atoms with Gasteiger partial charge in [0.1, 0.15) is 6.54 Å². The van der Waals surface area contributed by atoms with Gasteiger partial charge in [-0.05, 0) is 47.9 Å². The summed E-state index contributed by atoms with van der Waals surface area (Å²) in [6, 6.07) is 8.70. The zero-order chi connectivity index (χ0) is 15.5. The molecule has 1 aliphatic rings. The van der Waals surface area contributed by atoms with Gasteiger partial charge < -0.3 is 9.47 Å². The molecule has 1 aromatic heterocycles. The van der Waals surface area contributed by atoms with Crippen LogP contribution in [0, 0.1) is 0 Å². The van der Waals surface area contributed by atoms with E-state index in [1.807, 2.05) is 11.1 Å². The van der Waals surface area contributed by atoms with Crippen molar-refractivity contribution in [2.24, 2.45) is 0 Å². The van der Waals surface area contributed by atoms with Gasteiger partial charge in [-0.1, -0.05) is 32.8 Å². The molecule has 22 heavy (non-hydrogen) atoms. The fraction of sp³-hybridized carbons (Fsp3) is 0.526. The van der Waals surface area contributed by atoms with E-state index in [1.165, 1.54) is 23.8 Å². The van der Waals surface area contributed by atoms with E-state index in [2.05, 4.69) is 42.7 Å². The first-order chi connectivity index (χ1) is 10.6. The molecule has 118 valence electrons. The Morgan fingerprint density at radius 3 is 2.50 bits per heavy atom. The summed E-state index contributed by atoms with van der Waals surface area (Å²) in [7, 11) is 0. The van der Waals surface area contributed by atoms with Gasteiger partial charge in [0.15, 0.2) is 0 Å². The van der Waals surface area contributed by atoms with E-state index in [1.54, 1.807) is 0 Å². The third-order valence-corrected chi connectivity index (χ3v) is 4.73. The fourth-order valence-corrected chi connectivity index (χ4v) is 3.28. The van der Waals surface area contributed by atoms with Crippen LogP contribution in [0.4, 0.5) is 0 Å². The van der Waals surface area contributed by atoms with E-state index in [-0.39, 0.29) is 5.91 Å². The molecule has 0 atom stereocenters. The van der Waals surface area contributed by atoms with Crippen LogP contribution in [0.1, 0.15) is 51.0 Å². The van der Waals surface area contributed by atoms with Crippen LogP contribution < -0.4 is 0 Å². The summed E-state index contributed by atoms with van der Waals surface area (Å²) in [5.74, 6) is 0.791. The minimum atomic E-state index is 0.257. The van der Waals surface area contributed by atoms with Crippen molar-refractivity contribution in [3.63, 3.8) is 0 Å². The molecule has 2 heterocycles.